The molecule has 0 aliphatic heterocycles. The Morgan fingerprint density at radius 1 is 1.30 bits per heavy atom. The molecule has 20 heavy (non-hydrogen) atoms. The molecule has 0 unspecified atom stereocenters. The molecular formula is C16H24N2O2. The highest BCUT2D eigenvalue weighted by Crippen LogP contribution is 2.37. The molecule has 1 aromatic rings. The van der Waals surface area contributed by atoms with Crippen LogP contribution >= 0.6 is 0 Å². The molecule has 0 bridgehead atoms. The molecule has 1 saturated carbocycles. The van der Waals surface area contributed by atoms with Crippen LogP contribution in [0.15, 0.2) is 18.2 Å². The Morgan fingerprint density at radius 3 is 2.45 bits per heavy atom. The van der Waals surface area contributed by atoms with E-state index in [0.29, 0.717) is 12.1 Å². The summed E-state index contributed by atoms with van der Waals surface area (Å²) in [6.07, 6.45) is 3.46. The molecule has 0 spiro atoms. The lowest BCUT2D eigenvalue weighted by atomic mass is 9.75. The van der Waals surface area contributed by atoms with Gasteiger partial charge in [-0.25, -0.2) is 0 Å². The van der Waals surface area contributed by atoms with E-state index in [2.05, 4.69) is 19.0 Å². The summed E-state index contributed by atoms with van der Waals surface area (Å²) in [6.45, 7) is 2.62. The van der Waals surface area contributed by atoms with E-state index in [0.717, 1.165) is 18.4 Å². The molecule has 1 fully saturated rings. The molecule has 110 valence electrons. The number of benzene rings is 1. The molecule has 0 saturated heterocycles. The van der Waals surface area contributed by atoms with Gasteiger partial charge in [0.15, 0.2) is 0 Å². The minimum Gasteiger partial charge on any atom is -0.507 e. The van der Waals surface area contributed by atoms with E-state index in [4.69, 9.17) is 0 Å². The van der Waals surface area contributed by atoms with Gasteiger partial charge in [0, 0.05) is 19.1 Å². The van der Waals surface area contributed by atoms with Crippen LogP contribution in [0.4, 0.5) is 0 Å². The predicted molar refractivity (Wildman–Crippen MR) is 80.1 cm³/mol. The number of aromatic hydroxyl groups is 1. The summed E-state index contributed by atoms with van der Waals surface area (Å²) < 4.78 is 0. The molecule has 1 aromatic carbocycles. The monoisotopic (exact) mass is 276 g/mol. The Hall–Kier alpha value is -1.55. The highest BCUT2D eigenvalue weighted by atomic mass is 16.3. The number of carbonyl (C=O) groups is 1. The SMILES string of the molecule is Cc1ccc(O)c(C(=O)N(C)CC2(N(C)C)CCC2)c1. The van der Waals surface area contributed by atoms with E-state index in [1.165, 1.54) is 6.42 Å². The number of aryl methyl sites for hydroxylation is 1. The lowest BCUT2D eigenvalue weighted by Crippen LogP contribution is -2.57. The number of hydrogen-bond acceptors (Lipinski definition) is 3. The normalized spacial score (nSPS) is 16.9. The Kier molecular flexibility index (Phi) is 4.04. The summed E-state index contributed by atoms with van der Waals surface area (Å²) in [5, 5.41) is 9.88. The minimum atomic E-state index is -0.112. The van der Waals surface area contributed by atoms with Crippen LogP contribution in [-0.4, -0.2) is 54.0 Å². The van der Waals surface area contributed by atoms with Gasteiger partial charge in [-0.1, -0.05) is 11.6 Å². The standard InChI is InChI=1S/C16H24N2O2/c1-12-6-7-14(19)13(10-12)15(20)18(4)11-16(17(2)3)8-5-9-16/h6-7,10,19H,5,8-9,11H2,1-4H3. The van der Waals surface area contributed by atoms with Gasteiger partial charge in [-0.05, 0) is 52.4 Å². The van der Waals surface area contributed by atoms with Crippen molar-refractivity contribution < 1.29 is 9.90 Å². The van der Waals surface area contributed by atoms with Crippen LogP contribution < -0.4 is 0 Å². The topological polar surface area (TPSA) is 43.8 Å². The van der Waals surface area contributed by atoms with E-state index in [9.17, 15) is 9.90 Å². The first kappa shape index (κ1) is 14.9. The first-order chi connectivity index (χ1) is 9.35. The summed E-state index contributed by atoms with van der Waals surface area (Å²) in [4.78, 5) is 16.5. The van der Waals surface area contributed by atoms with Crippen LogP contribution in [0.1, 0.15) is 35.2 Å². The molecule has 1 amide bonds. The van der Waals surface area contributed by atoms with Crippen LogP contribution in [0, 0.1) is 6.92 Å². The van der Waals surface area contributed by atoms with Crippen molar-refractivity contribution in [1.29, 1.82) is 0 Å². The van der Waals surface area contributed by atoms with Crippen LogP contribution in [0.25, 0.3) is 0 Å². The highest BCUT2D eigenvalue weighted by Gasteiger charge is 2.40. The number of hydrogen-bond donors (Lipinski definition) is 1. The van der Waals surface area contributed by atoms with Gasteiger partial charge in [0.25, 0.3) is 5.91 Å². The fourth-order valence-electron chi connectivity index (χ4n) is 2.87. The molecule has 0 aromatic heterocycles. The Bertz CT molecular complexity index is 507. The quantitative estimate of drug-likeness (QED) is 0.917. The van der Waals surface area contributed by atoms with Crippen LogP contribution in [-0.2, 0) is 0 Å². The summed E-state index contributed by atoms with van der Waals surface area (Å²) in [6, 6.07) is 5.14. The van der Waals surface area contributed by atoms with Crippen LogP contribution in [0.3, 0.4) is 0 Å². The average Bonchev–Trinajstić information content (AvgIpc) is 2.35. The molecular weight excluding hydrogens is 252 g/mol. The summed E-state index contributed by atoms with van der Waals surface area (Å²) in [5.41, 5.74) is 1.47. The van der Waals surface area contributed by atoms with Crippen molar-refractivity contribution in [2.24, 2.45) is 0 Å². The third kappa shape index (κ3) is 2.66. The van der Waals surface area contributed by atoms with Crippen molar-refractivity contribution in [3.63, 3.8) is 0 Å². The van der Waals surface area contributed by atoms with Crippen molar-refractivity contribution in [1.82, 2.24) is 9.80 Å². The molecule has 2 rings (SSSR count). The maximum Gasteiger partial charge on any atom is 0.257 e. The summed E-state index contributed by atoms with van der Waals surface area (Å²) in [5.74, 6) is -0.0562. The largest absolute Gasteiger partial charge is 0.507 e. The van der Waals surface area contributed by atoms with Gasteiger partial charge < -0.3 is 14.9 Å². The van der Waals surface area contributed by atoms with Gasteiger partial charge in [-0.2, -0.15) is 0 Å². The molecule has 1 N–H and O–H groups in total. The number of rotatable bonds is 4. The second-order valence-electron chi connectivity index (χ2n) is 6.15. The minimum absolute atomic E-state index is 0.0555. The van der Waals surface area contributed by atoms with E-state index in [1.54, 1.807) is 23.1 Å². The summed E-state index contributed by atoms with van der Waals surface area (Å²) in [7, 11) is 5.96. The number of phenolic OH excluding ortho intramolecular Hbond substituents is 1. The lowest BCUT2D eigenvalue weighted by Gasteiger charge is -2.49. The van der Waals surface area contributed by atoms with Crippen molar-refractivity contribution in [3.8, 4) is 5.75 Å². The second kappa shape index (κ2) is 5.44. The van der Waals surface area contributed by atoms with Crippen molar-refractivity contribution in [2.45, 2.75) is 31.7 Å². The van der Waals surface area contributed by atoms with Gasteiger partial charge in [0.1, 0.15) is 5.75 Å². The maximum atomic E-state index is 12.5. The van der Waals surface area contributed by atoms with Gasteiger partial charge >= 0.3 is 0 Å². The first-order valence-electron chi connectivity index (χ1n) is 7.08. The van der Waals surface area contributed by atoms with Crippen molar-refractivity contribution >= 4 is 5.91 Å². The van der Waals surface area contributed by atoms with Gasteiger partial charge in [-0.15, -0.1) is 0 Å². The van der Waals surface area contributed by atoms with Gasteiger partial charge in [0.2, 0.25) is 0 Å². The predicted octanol–water partition coefficient (Wildman–Crippen LogP) is 2.26. The Labute approximate surface area is 121 Å². The van der Waals surface area contributed by atoms with E-state index in [1.807, 2.05) is 14.0 Å². The number of carbonyl (C=O) groups excluding carboxylic acids is 1. The average molecular weight is 276 g/mol. The van der Waals surface area contributed by atoms with E-state index >= 15 is 0 Å². The van der Waals surface area contributed by atoms with Gasteiger partial charge in [-0.3, -0.25) is 4.79 Å². The third-order valence-electron chi connectivity index (χ3n) is 4.49. The third-order valence-corrected chi connectivity index (χ3v) is 4.49. The lowest BCUT2D eigenvalue weighted by molar-refractivity contribution is 0.0251. The highest BCUT2D eigenvalue weighted by molar-refractivity contribution is 5.96. The number of likely N-dealkylation sites (N-methyl/N-ethyl adjacent to an activating group) is 2. The molecule has 0 heterocycles. The zero-order valence-corrected chi connectivity index (χ0v) is 12.8. The van der Waals surface area contributed by atoms with E-state index < -0.39 is 0 Å². The van der Waals surface area contributed by atoms with Crippen LogP contribution in [0.2, 0.25) is 0 Å². The molecule has 0 atom stereocenters. The number of nitrogens with zero attached hydrogens (tertiary/aromatic N) is 2. The molecule has 1 aliphatic rings. The Balaban J connectivity index is 2.14. The summed E-state index contributed by atoms with van der Waals surface area (Å²) >= 11 is 0. The number of amides is 1. The van der Waals surface area contributed by atoms with E-state index in [-0.39, 0.29) is 17.2 Å². The zero-order chi connectivity index (χ0) is 14.9. The molecule has 1 aliphatic carbocycles. The number of phenols is 1. The van der Waals surface area contributed by atoms with Crippen molar-refractivity contribution in [3.05, 3.63) is 29.3 Å². The first-order valence-corrected chi connectivity index (χ1v) is 7.08. The zero-order valence-electron chi connectivity index (χ0n) is 12.8. The fraction of sp³-hybridized carbons (Fsp3) is 0.562. The molecule has 0 radical (unpaired) electrons. The fourth-order valence-corrected chi connectivity index (χ4v) is 2.87. The second-order valence-corrected chi connectivity index (χ2v) is 6.15. The molecule has 4 nitrogen and oxygen atoms in total. The van der Waals surface area contributed by atoms with Crippen molar-refractivity contribution in [2.75, 3.05) is 27.7 Å². The maximum absolute atomic E-state index is 12.5. The smallest absolute Gasteiger partial charge is 0.257 e. The van der Waals surface area contributed by atoms with Crippen LogP contribution in [0.5, 0.6) is 5.75 Å². The Morgan fingerprint density at radius 2 is 1.95 bits per heavy atom. The molecule has 4 heteroatoms. The van der Waals surface area contributed by atoms with Gasteiger partial charge in [0.05, 0.1) is 5.56 Å².